The molecule has 0 saturated carbocycles. The quantitative estimate of drug-likeness (QED) is 0.616. The van der Waals surface area contributed by atoms with Gasteiger partial charge in [-0.05, 0) is 13.8 Å². The monoisotopic (exact) mass is 199 g/mol. The van der Waals surface area contributed by atoms with Gasteiger partial charge in [0, 0.05) is 19.4 Å². The molecule has 4 nitrogen and oxygen atoms in total. The van der Waals surface area contributed by atoms with Gasteiger partial charge in [0.2, 0.25) is 5.91 Å². The van der Waals surface area contributed by atoms with E-state index in [2.05, 4.69) is 19.2 Å². The van der Waals surface area contributed by atoms with E-state index < -0.39 is 0 Å². The summed E-state index contributed by atoms with van der Waals surface area (Å²) in [6.45, 7) is 5.65. The molecule has 1 amide bonds. The topological polar surface area (TPSA) is 47.6 Å². The lowest BCUT2D eigenvalue weighted by Crippen LogP contribution is -2.58. The van der Waals surface area contributed by atoms with Crippen molar-refractivity contribution in [1.29, 1.82) is 0 Å². The zero-order valence-corrected chi connectivity index (χ0v) is 8.76. The van der Waals surface area contributed by atoms with Crippen LogP contribution in [-0.4, -0.2) is 36.9 Å². The van der Waals surface area contributed by atoms with Gasteiger partial charge in [0.15, 0.2) is 0 Å². The van der Waals surface area contributed by atoms with Crippen LogP contribution in [0.4, 0.5) is 0 Å². The number of hydrogen-bond donors (Lipinski definition) is 1. The second-order valence-electron chi connectivity index (χ2n) is 4.78. The van der Waals surface area contributed by atoms with E-state index in [0.29, 0.717) is 13.2 Å². The highest BCUT2D eigenvalue weighted by Gasteiger charge is 2.44. The zero-order valence-electron chi connectivity index (χ0n) is 8.76. The van der Waals surface area contributed by atoms with Crippen LogP contribution < -0.4 is 5.32 Å². The van der Waals surface area contributed by atoms with E-state index in [4.69, 9.17) is 9.47 Å². The first kappa shape index (κ1) is 9.93. The van der Waals surface area contributed by atoms with Crippen molar-refractivity contribution >= 4 is 5.91 Å². The number of rotatable bonds is 0. The van der Waals surface area contributed by atoms with Gasteiger partial charge in [0.25, 0.3) is 0 Å². The van der Waals surface area contributed by atoms with Crippen LogP contribution in [0, 0.1) is 0 Å². The maximum atomic E-state index is 11.0. The molecule has 0 radical (unpaired) electrons. The second-order valence-corrected chi connectivity index (χ2v) is 4.78. The Labute approximate surface area is 84.0 Å². The lowest BCUT2D eigenvalue weighted by molar-refractivity contribution is -0.184. The fraction of sp³-hybridized carbons (Fsp3) is 0.900. The lowest BCUT2D eigenvalue weighted by atomic mass is 9.83. The molecule has 2 heterocycles. The molecule has 0 bridgehead atoms. The number of carbonyl (C=O) groups is 1. The lowest BCUT2D eigenvalue weighted by Gasteiger charge is -2.46. The molecule has 2 rings (SSSR count). The van der Waals surface area contributed by atoms with Crippen molar-refractivity contribution in [3.63, 3.8) is 0 Å². The van der Waals surface area contributed by atoms with Crippen molar-refractivity contribution in [3.05, 3.63) is 0 Å². The largest absolute Gasteiger partial charge is 0.375 e. The molecule has 0 aromatic carbocycles. The molecule has 2 aliphatic heterocycles. The third-order valence-electron chi connectivity index (χ3n) is 2.92. The summed E-state index contributed by atoms with van der Waals surface area (Å²) in [4.78, 5) is 11.0. The van der Waals surface area contributed by atoms with Crippen molar-refractivity contribution in [2.24, 2.45) is 0 Å². The fourth-order valence-electron chi connectivity index (χ4n) is 2.28. The van der Waals surface area contributed by atoms with E-state index in [-0.39, 0.29) is 23.7 Å². The molecule has 0 aromatic heterocycles. The van der Waals surface area contributed by atoms with Gasteiger partial charge in [-0.15, -0.1) is 0 Å². The Morgan fingerprint density at radius 3 is 2.71 bits per heavy atom. The first-order chi connectivity index (χ1) is 6.52. The van der Waals surface area contributed by atoms with Crippen LogP contribution in [-0.2, 0) is 14.3 Å². The van der Waals surface area contributed by atoms with Crippen molar-refractivity contribution < 1.29 is 14.3 Å². The van der Waals surface area contributed by atoms with Crippen molar-refractivity contribution in [3.8, 4) is 0 Å². The SMILES string of the molecule is CC1(C)CC2(CCO1)CNC(=O)CO2. The Balaban J connectivity index is 2.05. The van der Waals surface area contributed by atoms with Gasteiger partial charge in [0.05, 0.1) is 17.8 Å². The number of nitrogens with one attached hydrogen (secondary N) is 1. The van der Waals surface area contributed by atoms with Gasteiger partial charge in [-0.3, -0.25) is 4.79 Å². The first-order valence-electron chi connectivity index (χ1n) is 5.06. The molecule has 0 aliphatic carbocycles. The third kappa shape index (κ3) is 1.91. The Morgan fingerprint density at radius 2 is 2.14 bits per heavy atom. The molecule has 2 aliphatic rings. The summed E-state index contributed by atoms with van der Waals surface area (Å²) in [6, 6.07) is 0. The molecule has 2 fully saturated rings. The van der Waals surface area contributed by atoms with Crippen LogP contribution in [0.5, 0.6) is 0 Å². The molecule has 80 valence electrons. The van der Waals surface area contributed by atoms with Gasteiger partial charge in [-0.25, -0.2) is 0 Å². The minimum atomic E-state index is -0.185. The van der Waals surface area contributed by atoms with Crippen molar-refractivity contribution in [1.82, 2.24) is 5.32 Å². The van der Waals surface area contributed by atoms with Crippen LogP contribution in [0.25, 0.3) is 0 Å². The minimum Gasteiger partial charge on any atom is -0.375 e. The molecule has 1 N–H and O–H groups in total. The number of ether oxygens (including phenoxy) is 2. The molecular weight excluding hydrogens is 182 g/mol. The van der Waals surface area contributed by atoms with Crippen LogP contribution in [0.1, 0.15) is 26.7 Å². The molecule has 0 aromatic rings. The Hall–Kier alpha value is -0.610. The second kappa shape index (κ2) is 3.21. The van der Waals surface area contributed by atoms with Gasteiger partial charge >= 0.3 is 0 Å². The maximum absolute atomic E-state index is 11.0. The van der Waals surface area contributed by atoms with Gasteiger partial charge in [-0.1, -0.05) is 0 Å². The number of carbonyl (C=O) groups excluding carboxylic acids is 1. The molecule has 1 atom stereocenters. The van der Waals surface area contributed by atoms with Crippen molar-refractivity contribution in [2.45, 2.75) is 37.9 Å². The highest BCUT2D eigenvalue weighted by atomic mass is 16.5. The average molecular weight is 199 g/mol. The molecule has 2 saturated heterocycles. The van der Waals surface area contributed by atoms with Crippen LogP contribution in [0.2, 0.25) is 0 Å². The summed E-state index contributed by atoms with van der Waals surface area (Å²) in [7, 11) is 0. The first-order valence-corrected chi connectivity index (χ1v) is 5.06. The van der Waals surface area contributed by atoms with Crippen LogP contribution in [0.15, 0.2) is 0 Å². The molecule has 1 spiro atoms. The minimum absolute atomic E-state index is 0.0140. The number of amides is 1. The summed E-state index contributed by atoms with van der Waals surface area (Å²) in [5, 5.41) is 2.86. The van der Waals surface area contributed by atoms with Crippen molar-refractivity contribution in [2.75, 3.05) is 19.8 Å². The molecule has 4 heteroatoms. The highest BCUT2D eigenvalue weighted by molar-refractivity contribution is 5.78. The predicted octanol–water partition coefficient (Wildman–Crippen LogP) is 0.461. The Bertz CT molecular complexity index is 240. The fourth-order valence-corrected chi connectivity index (χ4v) is 2.28. The van der Waals surface area contributed by atoms with E-state index >= 15 is 0 Å². The van der Waals surface area contributed by atoms with E-state index in [1.165, 1.54) is 0 Å². The van der Waals surface area contributed by atoms with E-state index in [0.717, 1.165) is 12.8 Å². The van der Waals surface area contributed by atoms with Crippen LogP contribution >= 0.6 is 0 Å². The normalized spacial score (nSPS) is 36.9. The van der Waals surface area contributed by atoms with E-state index in [9.17, 15) is 4.79 Å². The number of morpholine rings is 1. The zero-order chi connectivity index (χ0) is 10.2. The Morgan fingerprint density at radius 1 is 1.36 bits per heavy atom. The number of hydrogen-bond acceptors (Lipinski definition) is 3. The summed E-state index contributed by atoms with van der Waals surface area (Å²) in [5.41, 5.74) is -0.323. The predicted molar refractivity (Wildman–Crippen MR) is 51.0 cm³/mol. The Kier molecular flexibility index (Phi) is 2.27. The van der Waals surface area contributed by atoms with Gasteiger partial charge in [0.1, 0.15) is 6.61 Å². The van der Waals surface area contributed by atoms with Crippen LogP contribution in [0.3, 0.4) is 0 Å². The molecular formula is C10H17NO3. The van der Waals surface area contributed by atoms with E-state index in [1.807, 2.05) is 0 Å². The summed E-state index contributed by atoms with van der Waals surface area (Å²) in [6.07, 6.45) is 1.72. The molecule has 1 unspecified atom stereocenters. The average Bonchev–Trinajstić information content (AvgIpc) is 2.09. The smallest absolute Gasteiger partial charge is 0.246 e. The highest BCUT2D eigenvalue weighted by Crippen LogP contribution is 2.35. The molecule has 14 heavy (non-hydrogen) atoms. The van der Waals surface area contributed by atoms with Gasteiger partial charge in [-0.2, -0.15) is 0 Å². The van der Waals surface area contributed by atoms with E-state index in [1.54, 1.807) is 0 Å². The van der Waals surface area contributed by atoms with Gasteiger partial charge < -0.3 is 14.8 Å². The maximum Gasteiger partial charge on any atom is 0.246 e. The third-order valence-corrected chi connectivity index (χ3v) is 2.92. The standard InChI is InChI=1S/C10H17NO3/c1-9(2)6-10(3-4-13-9)7-11-8(12)5-14-10/h3-7H2,1-2H3,(H,11,12). The summed E-state index contributed by atoms with van der Waals surface area (Å²) in [5.74, 6) is -0.0140. The summed E-state index contributed by atoms with van der Waals surface area (Å²) < 4.78 is 11.3. The summed E-state index contributed by atoms with van der Waals surface area (Å²) >= 11 is 0.